The van der Waals surface area contributed by atoms with Crippen LogP contribution in [0.5, 0.6) is 0 Å². The van der Waals surface area contributed by atoms with Crippen molar-refractivity contribution in [2.24, 2.45) is 0 Å². The van der Waals surface area contributed by atoms with Crippen molar-refractivity contribution in [1.29, 1.82) is 0 Å². The van der Waals surface area contributed by atoms with Gasteiger partial charge in [0.05, 0.1) is 0 Å². The number of hydrogen-bond donors (Lipinski definition) is 0. The molecule has 1 rings (SSSR count). The summed E-state index contributed by atoms with van der Waals surface area (Å²) in [4.78, 5) is 0. The maximum atomic E-state index is 2.35. The molecule has 1 radical (unpaired) electrons. The van der Waals surface area contributed by atoms with Crippen molar-refractivity contribution in [3.8, 4) is 0 Å². The summed E-state index contributed by atoms with van der Waals surface area (Å²) in [5.41, 5.74) is 1.59. The van der Waals surface area contributed by atoms with E-state index in [4.69, 9.17) is 0 Å². The standard InChI is InChI=1S/C7H12.Cu/c1-7-5-3-2-4-6-7;/h5H,2-4,6H2,1H3;. The number of hydrogen-bond acceptors (Lipinski definition) is 0. The SMILES string of the molecule is CC1=CCCCC1.[Cu]. The van der Waals surface area contributed by atoms with Crippen molar-refractivity contribution in [1.82, 2.24) is 0 Å². The molecule has 0 aromatic rings. The van der Waals surface area contributed by atoms with E-state index >= 15 is 0 Å². The molecule has 0 spiro atoms. The maximum absolute atomic E-state index is 2.35. The van der Waals surface area contributed by atoms with Gasteiger partial charge < -0.3 is 0 Å². The van der Waals surface area contributed by atoms with E-state index in [2.05, 4.69) is 13.0 Å². The van der Waals surface area contributed by atoms with E-state index in [1.54, 1.807) is 5.57 Å². The smallest absolute Gasteiger partial charge is 0 e. The van der Waals surface area contributed by atoms with Crippen molar-refractivity contribution >= 4 is 0 Å². The van der Waals surface area contributed by atoms with Gasteiger partial charge in [0.25, 0.3) is 0 Å². The van der Waals surface area contributed by atoms with Gasteiger partial charge in [-0.1, -0.05) is 11.6 Å². The quantitative estimate of drug-likeness (QED) is 0.377. The molecule has 0 amide bonds. The molecule has 0 saturated carbocycles. The fourth-order valence-electron chi connectivity index (χ4n) is 0.999. The fraction of sp³-hybridized carbons (Fsp3) is 0.714. The first-order valence-corrected chi connectivity index (χ1v) is 3.05. The van der Waals surface area contributed by atoms with Crippen LogP contribution in [-0.2, 0) is 17.1 Å². The summed E-state index contributed by atoms with van der Waals surface area (Å²) in [7, 11) is 0. The summed E-state index contributed by atoms with van der Waals surface area (Å²) in [5, 5.41) is 0. The van der Waals surface area contributed by atoms with Gasteiger partial charge in [0.15, 0.2) is 0 Å². The zero-order valence-corrected chi connectivity index (χ0v) is 6.15. The van der Waals surface area contributed by atoms with Crippen LogP contribution in [-0.4, -0.2) is 0 Å². The van der Waals surface area contributed by atoms with Crippen LogP contribution >= 0.6 is 0 Å². The van der Waals surface area contributed by atoms with Crippen LogP contribution in [0.3, 0.4) is 0 Å². The molecule has 0 atom stereocenters. The summed E-state index contributed by atoms with van der Waals surface area (Å²) < 4.78 is 0. The van der Waals surface area contributed by atoms with Gasteiger partial charge in [-0.2, -0.15) is 0 Å². The summed E-state index contributed by atoms with van der Waals surface area (Å²) in [6, 6.07) is 0. The van der Waals surface area contributed by atoms with Gasteiger partial charge in [0.1, 0.15) is 0 Å². The van der Waals surface area contributed by atoms with Crippen LogP contribution in [0.2, 0.25) is 0 Å². The minimum Gasteiger partial charge on any atom is -0.0856 e. The molecule has 0 fully saturated rings. The van der Waals surface area contributed by atoms with E-state index in [-0.39, 0.29) is 17.1 Å². The second-order valence-electron chi connectivity index (χ2n) is 2.30. The van der Waals surface area contributed by atoms with Crippen molar-refractivity contribution in [2.45, 2.75) is 32.6 Å². The topological polar surface area (TPSA) is 0 Å². The molecule has 8 heavy (non-hydrogen) atoms. The zero-order valence-electron chi connectivity index (χ0n) is 5.21. The molecule has 0 aromatic heterocycles. The summed E-state index contributed by atoms with van der Waals surface area (Å²) in [6.45, 7) is 2.22. The van der Waals surface area contributed by atoms with Gasteiger partial charge in [0.2, 0.25) is 0 Å². The van der Waals surface area contributed by atoms with Crippen molar-refractivity contribution < 1.29 is 17.1 Å². The Kier molecular flexibility index (Phi) is 4.30. The Hall–Kier alpha value is 0.259. The van der Waals surface area contributed by atoms with E-state index in [1.807, 2.05) is 0 Å². The van der Waals surface area contributed by atoms with Gasteiger partial charge >= 0.3 is 0 Å². The molecule has 0 unspecified atom stereocenters. The Labute approximate surface area is 61.8 Å². The monoisotopic (exact) mass is 159 g/mol. The predicted molar refractivity (Wildman–Crippen MR) is 32.2 cm³/mol. The Morgan fingerprint density at radius 1 is 1.38 bits per heavy atom. The first-order valence-electron chi connectivity index (χ1n) is 3.05. The van der Waals surface area contributed by atoms with Gasteiger partial charge in [-0.15, -0.1) is 0 Å². The minimum absolute atomic E-state index is 0. The Bertz CT molecular complexity index is 84.4. The molecule has 0 N–H and O–H groups in total. The van der Waals surface area contributed by atoms with E-state index in [1.165, 1.54) is 25.7 Å². The largest absolute Gasteiger partial charge is 0.0856 e. The fourth-order valence-corrected chi connectivity index (χ4v) is 0.999. The molecule has 1 heteroatoms. The first-order chi connectivity index (χ1) is 3.39. The molecule has 1 aliphatic carbocycles. The van der Waals surface area contributed by atoms with E-state index in [0.717, 1.165) is 0 Å². The second kappa shape index (κ2) is 4.17. The molecule has 1 aliphatic rings. The summed E-state index contributed by atoms with van der Waals surface area (Å²) >= 11 is 0. The zero-order chi connectivity index (χ0) is 5.11. The van der Waals surface area contributed by atoms with Crippen LogP contribution in [0.1, 0.15) is 32.6 Å². The molecule has 0 heterocycles. The third-order valence-electron chi connectivity index (χ3n) is 1.52. The van der Waals surface area contributed by atoms with Crippen LogP contribution < -0.4 is 0 Å². The molecule has 51 valence electrons. The van der Waals surface area contributed by atoms with Crippen molar-refractivity contribution in [2.75, 3.05) is 0 Å². The summed E-state index contributed by atoms with van der Waals surface area (Å²) in [6.07, 6.45) is 7.86. The third-order valence-corrected chi connectivity index (χ3v) is 1.52. The van der Waals surface area contributed by atoms with Crippen molar-refractivity contribution in [3.63, 3.8) is 0 Å². The Morgan fingerprint density at radius 2 is 2.12 bits per heavy atom. The second-order valence-corrected chi connectivity index (χ2v) is 2.30. The first kappa shape index (κ1) is 8.26. The maximum Gasteiger partial charge on any atom is 0 e. The van der Waals surface area contributed by atoms with E-state index < -0.39 is 0 Å². The van der Waals surface area contributed by atoms with Crippen LogP contribution in [0, 0.1) is 0 Å². The molecular formula is C7H12Cu. The normalized spacial score (nSPS) is 18.9. The Balaban J connectivity index is 0.000000490. The van der Waals surface area contributed by atoms with Crippen LogP contribution in [0.15, 0.2) is 11.6 Å². The number of rotatable bonds is 0. The molecule has 0 aliphatic heterocycles. The van der Waals surface area contributed by atoms with E-state index in [0.29, 0.717) is 0 Å². The van der Waals surface area contributed by atoms with Crippen LogP contribution in [0.25, 0.3) is 0 Å². The summed E-state index contributed by atoms with van der Waals surface area (Å²) in [5.74, 6) is 0. The molecular weight excluding hydrogens is 148 g/mol. The van der Waals surface area contributed by atoms with Gasteiger partial charge in [-0.25, -0.2) is 0 Å². The molecule has 0 aromatic carbocycles. The van der Waals surface area contributed by atoms with E-state index in [9.17, 15) is 0 Å². The predicted octanol–water partition coefficient (Wildman–Crippen LogP) is 2.50. The van der Waals surface area contributed by atoms with Crippen LogP contribution in [0.4, 0.5) is 0 Å². The minimum atomic E-state index is 0. The van der Waals surface area contributed by atoms with Gasteiger partial charge in [0, 0.05) is 17.1 Å². The molecule has 0 bridgehead atoms. The number of allylic oxidation sites excluding steroid dienone is 2. The molecule has 0 nitrogen and oxygen atoms in total. The molecule has 0 saturated heterocycles. The van der Waals surface area contributed by atoms with Gasteiger partial charge in [-0.05, 0) is 32.6 Å². The third kappa shape index (κ3) is 2.54. The van der Waals surface area contributed by atoms with Crippen molar-refractivity contribution in [3.05, 3.63) is 11.6 Å². The average molecular weight is 160 g/mol. The average Bonchev–Trinajstić information content (AvgIpc) is 1.69. The van der Waals surface area contributed by atoms with Gasteiger partial charge in [-0.3, -0.25) is 0 Å². The Morgan fingerprint density at radius 3 is 2.38 bits per heavy atom.